The molecule has 1 aliphatic heterocycles. The lowest BCUT2D eigenvalue weighted by molar-refractivity contribution is -0.139. The van der Waals surface area contributed by atoms with Gasteiger partial charge in [0.2, 0.25) is 5.91 Å². The average Bonchev–Trinajstić information content (AvgIpc) is 3.27. The number of carbonyl (C=O) groups excluding carboxylic acids is 1. The second-order valence-electron chi connectivity index (χ2n) is 8.77. The van der Waals surface area contributed by atoms with Crippen molar-refractivity contribution in [1.29, 1.82) is 0 Å². The summed E-state index contributed by atoms with van der Waals surface area (Å²) in [6.45, 7) is -0.0446. The normalized spacial score (nSPS) is 15.0. The molecule has 1 atom stereocenters. The SMILES string of the molecule is O=C(O)COc1ccc(Cl)cc1[C@@H]1c2ccc(F)cc2CCN1C(=O)CCn1ncc2ccc(F)cc21. The molecule has 1 aromatic heterocycles. The van der Waals surface area contributed by atoms with Gasteiger partial charge in [-0.05, 0) is 66.1 Å². The molecular weight excluding hydrogens is 504 g/mol. The van der Waals surface area contributed by atoms with E-state index in [1.165, 1.54) is 24.3 Å². The number of benzene rings is 3. The van der Waals surface area contributed by atoms with Crippen LogP contribution >= 0.6 is 11.6 Å². The molecule has 0 saturated carbocycles. The van der Waals surface area contributed by atoms with Crippen LogP contribution in [0.4, 0.5) is 8.78 Å². The third-order valence-electron chi connectivity index (χ3n) is 6.42. The third-order valence-corrected chi connectivity index (χ3v) is 6.65. The molecule has 2 heterocycles. The molecule has 0 saturated heterocycles. The third kappa shape index (κ3) is 5.13. The maximum absolute atomic E-state index is 14.0. The van der Waals surface area contributed by atoms with Crippen molar-refractivity contribution < 1.29 is 28.2 Å². The summed E-state index contributed by atoms with van der Waals surface area (Å²) in [5, 5.41) is 14.6. The van der Waals surface area contributed by atoms with Crippen LogP contribution < -0.4 is 4.74 Å². The van der Waals surface area contributed by atoms with Crippen LogP contribution in [0.25, 0.3) is 10.9 Å². The lowest BCUT2D eigenvalue weighted by Gasteiger charge is -2.38. The smallest absolute Gasteiger partial charge is 0.341 e. The highest BCUT2D eigenvalue weighted by Crippen LogP contribution is 2.41. The van der Waals surface area contributed by atoms with E-state index < -0.39 is 24.4 Å². The van der Waals surface area contributed by atoms with Crippen LogP contribution in [0.1, 0.15) is 29.2 Å². The molecule has 5 rings (SSSR count). The maximum atomic E-state index is 14.0. The van der Waals surface area contributed by atoms with Crippen molar-refractivity contribution >= 4 is 34.4 Å². The van der Waals surface area contributed by atoms with E-state index >= 15 is 0 Å². The minimum atomic E-state index is -1.15. The number of aryl methyl sites for hydroxylation is 1. The van der Waals surface area contributed by atoms with E-state index in [0.717, 1.165) is 10.9 Å². The zero-order valence-electron chi connectivity index (χ0n) is 19.5. The number of carboxylic acid groups (broad SMARTS) is 1. The zero-order valence-corrected chi connectivity index (χ0v) is 20.3. The Morgan fingerprint density at radius 2 is 1.84 bits per heavy atom. The fourth-order valence-corrected chi connectivity index (χ4v) is 4.95. The van der Waals surface area contributed by atoms with Gasteiger partial charge in [-0.3, -0.25) is 9.48 Å². The van der Waals surface area contributed by atoms with Gasteiger partial charge in [0.1, 0.15) is 17.4 Å². The van der Waals surface area contributed by atoms with E-state index in [1.807, 2.05) is 0 Å². The van der Waals surface area contributed by atoms with Crippen molar-refractivity contribution in [3.05, 3.63) is 94.1 Å². The van der Waals surface area contributed by atoms with E-state index in [2.05, 4.69) is 5.10 Å². The highest BCUT2D eigenvalue weighted by Gasteiger charge is 2.34. The monoisotopic (exact) mass is 525 g/mol. The number of nitrogens with zero attached hydrogens (tertiary/aromatic N) is 3. The molecule has 37 heavy (non-hydrogen) atoms. The first-order valence-corrected chi connectivity index (χ1v) is 12.0. The van der Waals surface area contributed by atoms with Crippen LogP contribution in [-0.2, 0) is 22.6 Å². The Morgan fingerprint density at radius 1 is 1.05 bits per heavy atom. The van der Waals surface area contributed by atoms with Crippen molar-refractivity contribution in [1.82, 2.24) is 14.7 Å². The van der Waals surface area contributed by atoms with Crippen molar-refractivity contribution in [2.45, 2.75) is 25.4 Å². The van der Waals surface area contributed by atoms with Crippen molar-refractivity contribution in [3.63, 3.8) is 0 Å². The Hall–Kier alpha value is -3.98. The number of ether oxygens (including phenoxy) is 1. The van der Waals surface area contributed by atoms with Gasteiger partial charge < -0.3 is 14.7 Å². The molecule has 0 radical (unpaired) electrons. The van der Waals surface area contributed by atoms with Gasteiger partial charge in [0.05, 0.1) is 24.3 Å². The summed E-state index contributed by atoms with van der Waals surface area (Å²) in [6, 6.07) is 12.8. The summed E-state index contributed by atoms with van der Waals surface area (Å²) in [5.41, 5.74) is 2.53. The molecule has 1 N–H and O–H groups in total. The number of amides is 1. The summed E-state index contributed by atoms with van der Waals surface area (Å²) in [4.78, 5) is 26.4. The van der Waals surface area contributed by atoms with Gasteiger partial charge in [-0.1, -0.05) is 17.7 Å². The lowest BCUT2D eigenvalue weighted by Crippen LogP contribution is -2.41. The highest BCUT2D eigenvalue weighted by atomic mass is 35.5. The molecule has 1 aliphatic rings. The number of hydrogen-bond donors (Lipinski definition) is 1. The van der Waals surface area contributed by atoms with Crippen molar-refractivity contribution in [2.75, 3.05) is 13.2 Å². The number of carboxylic acids is 1. The number of hydrogen-bond acceptors (Lipinski definition) is 4. The summed E-state index contributed by atoms with van der Waals surface area (Å²) < 4.78 is 34.9. The van der Waals surface area contributed by atoms with Crippen LogP contribution in [0.15, 0.2) is 60.8 Å². The molecule has 4 aromatic rings. The molecule has 0 fully saturated rings. The molecule has 7 nitrogen and oxygen atoms in total. The van der Waals surface area contributed by atoms with Gasteiger partial charge in [-0.2, -0.15) is 5.10 Å². The molecule has 3 aromatic carbocycles. The largest absolute Gasteiger partial charge is 0.482 e. The fraction of sp³-hybridized carbons (Fsp3) is 0.222. The molecule has 1 amide bonds. The van der Waals surface area contributed by atoms with Crippen LogP contribution in [0.3, 0.4) is 0 Å². The Balaban J connectivity index is 1.49. The summed E-state index contributed by atoms with van der Waals surface area (Å²) in [7, 11) is 0. The first kappa shape index (κ1) is 24.7. The zero-order chi connectivity index (χ0) is 26.1. The first-order valence-electron chi connectivity index (χ1n) is 11.6. The van der Waals surface area contributed by atoms with Crippen molar-refractivity contribution in [3.8, 4) is 5.75 Å². The Morgan fingerprint density at radius 3 is 2.65 bits per heavy atom. The predicted octanol–water partition coefficient (Wildman–Crippen LogP) is 5.00. The van der Waals surface area contributed by atoms with Crippen LogP contribution in [-0.4, -0.2) is 44.8 Å². The minimum Gasteiger partial charge on any atom is -0.482 e. The average molecular weight is 526 g/mol. The molecule has 190 valence electrons. The summed E-state index contributed by atoms with van der Waals surface area (Å²) >= 11 is 6.30. The first-order chi connectivity index (χ1) is 17.8. The van der Waals surface area contributed by atoms with E-state index in [-0.39, 0.29) is 30.4 Å². The van der Waals surface area contributed by atoms with Gasteiger partial charge in [0.15, 0.2) is 6.61 Å². The van der Waals surface area contributed by atoms with Gasteiger partial charge >= 0.3 is 5.97 Å². The topological polar surface area (TPSA) is 84.7 Å². The molecular formula is C27H22ClF2N3O4. The van der Waals surface area contributed by atoms with Crippen molar-refractivity contribution in [2.24, 2.45) is 0 Å². The maximum Gasteiger partial charge on any atom is 0.341 e. The van der Waals surface area contributed by atoms with Gasteiger partial charge in [0.25, 0.3) is 0 Å². The van der Waals surface area contributed by atoms with Gasteiger partial charge in [-0.15, -0.1) is 0 Å². The fourth-order valence-electron chi connectivity index (χ4n) is 4.77. The Kier molecular flexibility index (Phi) is 6.80. The van der Waals surface area contributed by atoms with Gasteiger partial charge in [-0.25, -0.2) is 13.6 Å². The number of rotatable bonds is 7. The van der Waals surface area contributed by atoms with Gasteiger partial charge in [0, 0.05) is 28.9 Å². The van der Waals surface area contributed by atoms with E-state index in [4.69, 9.17) is 21.4 Å². The number of aromatic nitrogens is 2. The number of halogens is 3. The number of fused-ring (bicyclic) bond motifs is 2. The molecule has 0 aliphatic carbocycles. The molecule has 0 unspecified atom stereocenters. The highest BCUT2D eigenvalue weighted by molar-refractivity contribution is 6.30. The molecule has 10 heteroatoms. The number of carbonyl (C=O) groups is 2. The molecule has 0 spiro atoms. The second-order valence-corrected chi connectivity index (χ2v) is 9.20. The standard InChI is InChI=1S/C27H22ClF2N3O4/c28-18-2-6-24(37-15-26(35)36)22(12-18)27-21-5-4-19(29)11-16(21)7-9-32(27)25(34)8-10-33-23-13-20(30)3-1-17(23)14-31-33/h1-6,11-14,27H,7-10,15H2,(H,35,36)/t27-/m0/s1. The molecule has 0 bridgehead atoms. The van der Waals surface area contributed by atoms with Crippen LogP contribution in [0.2, 0.25) is 5.02 Å². The van der Waals surface area contributed by atoms with E-state index in [1.54, 1.807) is 46.1 Å². The lowest BCUT2D eigenvalue weighted by atomic mass is 9.87. The quantitative estimate of drug-likeness (QED) is 0.367. The van der Waals surface area contributed by atoms with E-state index in [9.17, 15) is 18.4 Å². The van der Waals surface area contributed by atoms with Crippen LogP contribution in [0, 0.1) is 11.6 Å². The second kappa shape index (κ2) is 10.2. The van der Waals surface area contributed by atoms with E-state index in [0.29, 0.717) is 34.6 Å². The predicted molar refractivity (Wildman–Crippen MR) is 133 cm³/mol. The van der Waals surface area contributed by atoms with Crippen LogP contribution in [0.5, 0.6) is 5.75 Å². The summed E-state index contributed by atoms with van der Waals surface area (Å²) in [5.74, 6) is -1.87. The summed E-state index contributed by atoms with van der Waals surface area (Å²) in [6.07, 6.45) is 2.13. The Bertz CT molecular complexity index is 1510. The Labute approximate surface area is 215 Å². The minimum absolute atomic E-state index is 0.0756. The number of aliphatic carboxylic acids is 1.